The average Bonchev–Trinajstić information content (AvgIpc) is 2.98. The minimum absolute atomic E-state index is 0.131. The highest BCUT2D eigenvalue weighted by atomic mass is 16.3. The fourth-order valence-corrected chi connectivity index (χ4v) is 2.66. The van der Waals surface area contributed by atoms with E-state index in [1.165, 1.54) is 0 Å². The second kappa shape index (κ2) is 6.89. The maximum Gasteiger partial charge on any atom is 0.233 e. The topological polar surface area (TPSA) is 62.5 Å². The molecule has 2 unspecified atom stereocenters. The molecule has 0 radical (unpaired) electrons. The molecule has 0 aliphatic rings. The third kappa shape index (κ3) is 3.57. The van der Waals surface area contributed by atoms with Gasteiger partial charge in [-0.1, -0.05) is 44.2 Å². The van der Waals surface area contributed by atoms with E-state index in [-0.39, 0.29) is 12.0 Å². The van der Waals surface area contributed by atoms with Crippen LogP contribution in [0.25, 0.3) is 5.78 Å². The van der Waals surface area contributed by atoms with E-state index < -0.39 is 6.10 Å². The van der Waals surface area contributed by atoms with Crippen LogP contribution in [0.3, 0.4) is 0 Å². The van der Waals surface area contributed by atoms with Crippen molar-refractivity contribution < 1.29 is 5.11 Å². The van der Waals surface area contributed by atoms with Gasteiger partial charge < -0.3 is 10.4 Å². The monoisotopic (exact) mass is 310 g/mol. The molecule has 0 fully saturated rings. The first-order valence-corrected chi connectivity index (χ1v) is 7.90. The van der Waals surface area contributed by atoms with Gasteiger partial charge in [0.1, 0.15) is 0 Å². The Bertz CT molecular complexity index is 721. The zero-order valence-electron chi connectivity index (χ0n) is 13.4. The van der Waals surface area contributed by atoms with Crippen molar-refractivity contribution in [2.24, 2.45) is 5.92 Å². The minimum Gasteiger partial charge on any atom is -0.391 e. The first kappa shape index (κ1) is 15.6. The van der Waals surface area contributed by atoms with Gasteiger partial charge >= 0.3 is 0 Å². The van der Waals surface area contributed by atoms with Crippen molar-refractivity contribution in [3.05, 3.63) is 66.2 Å². The summed E-state index contributed by atoms with van der Waals surface area (Å²) < 4.78 is 1.90. The number of imidazole rings is 1. The molecule has 0 bridgehead atoms. The number of aliphatic hydroxyl groups excluding tert-OH is 1. The van der Waals surface area contributed by atoms with Gasteiger partial charge in [-0.05, 0) is 17.5 Å². The summed E-state index contributed by atoms with van der Waals surface area (Å²) in [6.45, 7) is 4.63. The summed E-state index contributed by atoms with van der Waals surface area (Å²) >= 11 is 0. The Morgan fingerprint density at radius 1 is 1.17 bits per heavy atom. The number of aromatic nitrogens is 3. The first-order valence-electron chi connectivity index (χ1n) is 7.90. The molecule has 3 aromatic rings. The quantitative estimate of drug-likeness (QED) is 0.734. The van der Waals surface area contributed by atoms with Crippen LogP contribution in [-0.2, 0) is 6.54 Å². The summed E-state index contributed by atoms with van der Waals surface area (Å²) in [5.74, 6) is 0.848. The molecule has 0 aliphatic carbocycles. The van der Waals surface area contributed by atoms with Gasteiger partial charge in [0.25, 0.3) is 0 Å². The molecule has 0 aliphatic heterocycles. The molecular weight excluding hydrogens is 288 g/mol. The Labute approximate surface area is 136 Å². The van der Waals surface area contributed by atoms with Crippen molar-refractivity contribution in [1.82, 2.24) is 19.7 Å². The van der Waals surface area contributed by atoms with E-state index in [0.717, 1.165) is 11.3 Å². The summed E-state index contributed by atoms with van der Waals surface area (Å²) in [6.07, 6.45) is 5.15. The third-order valence-electron chi connectivity index (χ3n) is 3.97. The molecule has 0 saturated heterocycles. The number of hydrogen-bond donors (Lipinski definition) is 2. The number of nitrogens with zero attached hydrogens (tertiary/aromatic N) is 3. The standard InChI is InChI=1S/C18H22N4O/c1-13(2)17(23)16(14-7-4-3-5-8-14)20-11-15-12-22-10-6-9-19-18(22)21-15/h3-10,12-13,16-17,20,23H,11H2,1-2H3. The molecule has 2 heterocycles. The summed E-state index contributed by atoms with van der Waals surface area (Å²) in [5, 5.41) is 14.0. The lowest BCUT2D eigenvalue weighted by Crippen LogP contribution is -2.35. The lowest BCUT2D eigenvalue weighted by Gasteiger charge is -2.27. The molecular formula is C18H22N4O. The van der Waals surface area contributed by atoms with Gasteiger partial charge in [0.05, 0.1) is 17.8 Å². The van der Waals surface area contributed by atoms with Gasteiger partial charge in [-0.15, -0.1) is 0 Å². The van der Waals surface area contributed by atoms with Crippen LogP contribution in [0, 0.1) is 5.92 Å². The van der Waals surface area contributed by atoms with Crippen LogP contribution in [0.15, 0.2) is 55.0 Å². The minimum atomic E-state index is -0.465. The van der Waals surface area contributed by atoms with Crippen molar-refractivity contribution >= 4 is 5.78 Å². The fraction of sp³-hybridized carbons (Fsp3) is 0.333. The highest BCUT2D eigenvalue weighted by Gasteiger charge is 2.23. The summed E-state index contributed by atoms with van der Waals surface area (Å²) in [5.41, 5.74) is 1.98. The van der Waals surface area contributed by atoms with Crippen LogP contribution in [0.2, 0.25) is 0 Å². The summed E-state index contributed by atoms with van der Waals surface area (Å²) in [6, 6.07) is 11.8. The van der Waals surface area contributed by atoms with Gasteiger partial charge in [0, 0.05) is 25.1 Å². The van der Waals surface area contributed by atoms with Crippen molar-refractivity contribution in [3.8, 4) is 0 Å². The van der Waals surface area contributed by atoms with E-state index >= 15 is 0 Å². The van der Waals surface area contributed by atoms with E-state index in [2.05, 4.69) is 15.3 Å². The number of fused-ring (bicyclic) bond motifs is 1. The van der Waals surface area contributed by atoms with Crippen molar-refractivity contribution in [1.29, 1.82) is 0 Å². The van der Waals surface area contributed by atoms with Gasteiger partial charge in [0.15, 0.2) is 0 Å². The lowest BCUT2D eigenvalue weighted by molar-refractivity contribution is 0.0821. The summed E-state index contributed by atoms with van der Waals surface area (Å²) in [7, 11) is 0. The van der Waals surface area contributed by atoms with E-state index in [0.29, 0.717) is 12.3 Å². The van der Waals surface area contributed by atoms with Gasteiger partial charge in [-0.2, -0.15) is 0 Å². The van der Waals surface area contributed by atoms with Crippen LogP contribution in [-0.4, -0.2) is 25.6 Å². The zero-order valence-corrected chi connectivity index (χ0v) is 13.4. The van der Waals surface area contributed by atoms with E-state index in [4.69, 9.17) is 0 Å². The SMILES string of the molecule is CC(C)C(O)C(NCc1cn2cccnc2n1)c1ccccc1. The van der Waals surface area contributed by atoms with E-state index in [1.54, 1.807) is 6.20 Å². The van der Waals surface area contributed by atoms with Crippen molar-refractivity contribution in [2.45, 2.75) is 32.5 Å². The second-order valence-electron chi connectivity index (χ2n) is 6.06. The Hall–Kier alpha value is -2.24. The van der Waals surface area contributed by atoms with Gasteiger partial charge in [-0.3, -0.25) is 4.40 Å². The highest BCUT2D eigenvalue weighted by Crippen LogP contribution is 2.22. The molecule has 2 N–H and O–H groups in total. The molecule has 23 heavy (non-hydrogen) atoms. The lowest BCUT2D eigenvalue weighted by atomic mass is 9.93. The first-order chi connectivity index (χ1) is 11.1. The molecule has 2 atom stereocenters. The number of benzene rings is 1. The number of nitrogens with one attached hydrogen (secondary N) is 1. The maximum atomic E-state index is 10.6. The predicted molar refractivity (Wildman–Crippen MR) is 89.9 cm³/mol. The Morgan fingerprint density at radius 2 is 1.96 bits per heavy atom. The number of rotatable bonds is 6. The Kier molecular flexibility index (Phi) is 4.69. The van der Waals surface area contributed by atoms with Crippen LogP contribution in [0.4, 0.5) is 0 Å². The Balaban J connectivity index is 1.78. The normalized spacial score (nSPS) is 14.3. The molecule has 0 saturated carbocycles. The molecule has 5 heteroatoms. The highest BCUT2D eigenvalue weighted by molar-refractivity contribution is 5.29. The van der Waals surface area contributed by atoms with Crippen LogP contribution >= 0.6 is 0 Å². The average molecular weight is 310 g/mol. The van der Waals surface area contributed by atoms with Crippen LogP contribution < -0.4 is 5.32 Å². The van der Waals surface area contributed by atoms with Crippen LogP contribution in [0.5, 0.6) is 0 Å². The molecule has 0 spiro atoms. The molecule has 0 amide bonds. The van der Waals surface area contributed by atoms with Gasteiger partial charge in [0.2, 0.25) is 5.78 Å². The number of aliphatic hydroxyl groups is 1. The van der Waals surface area contributed by atoms with Crippen LogP contribution in [0.1, 0.15) is 31.1 Å². The fourth-order valence-electron chi connectivity index (χ4n) is 2.66. The molecule has 3 rings (SSSR count). The summed E-state index contributed by atoms with van der Waals surface area (Å²) in [4.78, 5) is 8.72. The molecule has 1 aromatic carbocycles. The molecule has 5 nitrogen and oxygen atoms in total. The van der Waals surface area contributed by atoms with E-state index in [9.17, 15) is 5.11 Å². The van der Waals surface area contributed by atoms with Gasteiger partial charge in [-0.25, -0.2) is 9.97 Å². The molecule has 2 aromatic heterocycles. The second-order valence-corrected chi connectivity index (χ2v) is 6.06. The largest absolute Gasteiger partial charge is 0.391 e. The third-order valence-corrected chi connectivity index (χ3v) is 3.97. The van der Waals surface area contributed by atoms with E-state index in [1.807, 2.05) is 67.0 Å². The zero-order chi connectivity index (χ0) is 16.2. The predicted octanol–water partition coefficient (Wildman–Crippen LogP) is 2.58. The smallest absolute Gasteiger partial charge is 0.233 e. The number of hydrogen-bond acceptors (Lipinski definition) is 4. The maximum absolute atomic E-state index is 10.6. The van der Waals surface area contributed by atoms with Crippen molar-refractivity contribution in [2.75, 3.05) is 0 Å². The van der Waals surface area contributed by atoms with Crippen molar-refractivity contribution in [3.63, 3.8) is 0 Å². The Morgan fingerprint density at radius 3 is 2.65 bits per heavy atom. The molecule has 120 valence electrons.